The molecule has 0 fully saturated rings. The third-order valence-electron chi connectivity index (χ3n) is 4.66. The second-order valence-electron chi connectivity index (χ2n) is 6.33. The van der Waals surface area contributed by atoms with Crippen LogP contribution in [0.2, 0.25) is 0 Å². The number of ether oxygens (including phenoxy) is 1. The van der Waals surface area contributed by atoms with Gasteiger partial charge in [-0.2, -0.15) is 10.1 Å². The van der Waals surface area contributed by atoms with E-state index in [0.717, 1.165) is 5.01 Å². The average Bonchev–Trinajstić information content (AvgIpc) is 3.01. The number of hydrogen-bond acceptors (Lipinski definition) is 5. The van der Waals surface area contributed by atoms with Crippen LogP contribution in [0.4, 0.5) is 0 Å². The molecule has 0 saturated carbocycles. The number of amides is 1. The molecule has 0 radical (unpaired) electrons. The Morgan fingerprint density at radius 1 is 1.27 bits per heavy atom. The van der Waals surface area contributed by atoms with E-state index in [-0.39, 0.29) is 17.7 Å². The zero-order chi connectivity index (χ0) is 18.9. The van der Waals surface area contributed by atoms with Crippen molar-refractivity contribution in [3.05, 3.63) is 59.2 Å². The van der Waals surface area contributed by atoms with Crippen LogP contribution in [0.15, 0.2) is 47.6 Å². The van der Waals surface area contributed by atoms with E-state index in [1.165, 1.54) is 6.07 Å². The van der Waals surface area contributed by atoms with Crippen LogP contribution < -0.4 is 4.74 Å². The Labute approximate surface area is 152 Å². The van der Waals surface area contributed by atoms with E-state index in [0.29, 0.717) is 29.0 Å². The maximum absolute atomic E-state index is 13.1. The first kappa shape index (κ1) is 17.9. The minimum Gasteiger partial charge on any atom is -0.507 e. The number of methoxy groups -OCH3 is 1. The van der Waals surface area contributed by atoms with Crippen LogP contribution in [0.5, 0.6) is 11.5 Å². The van der Waals surface area contributed by atoms with Gasteiger partial charge in [-0.3, -0.25) is 4.79 Å². The van der Waals surface area contributed by atoms with Gasteiger partial charge >= 0.3 is 0 Å². The van der Waals surface area contributed by atoms with Gasteiger partial charge in [-0.15, -0.1) is 0 Å². The minimum absolute atomic E-state index is 0.102. The lowest BCUT2D eigenvalue weighted by Gasteiger charge is -2.31. The lowest BCUT2D eigenvalue weighted by molar-refractivity contribution is -0.0766. The van der Waals surface area contributed by atoms with Crippen molar-refractivity contribution in [2.45, 2.75) is 32.4 Å². The number of rotatable bonds is 4. The van der Waals surface area contributed by atoms with E-state index >= 15 is 0 Å². The Morgan fingerprint density at radius 3 is 2.58 bits per heavy atom. The number of carbonyl (C=O) groups is 1. The van der Waals surface area contributed by atoms with Gasteiger partial charge in [0, 0.05) is 17.7 Å². The van der Waals surface area contributed by atoms with E-state index in [2.05, 4.69) is 5.10 Å². The fourth-order valence-electron chi connectivity index (χ4n) is 3.06. The van der Waals surface area contributed by atoms with Gasteiger partial charge in [0.1, 0.15) is 11.5 Å². The van der Waals surface area contributed by atoms with Crippen molar-refractivity contribution in [3.8, 4) is 11.5 Å². The number of carbonyl (C=O) groups excluding carboxylic acids is 1. The van der Waals surface area contributed by atoms with Gasteiger partial charge in [0.05, 0.1) is 12.7 Å². The second-order valence-corrected chi connectivity index (χ2v) is 6.33. The molecule has 1 heterocycles. The van der Waals surface area contributed by atoms with Gasteiger partial charge in [-0.1, -0.05) is 31.2 Å². The summed E-state index contributed by atoms with van der Waals surface area (Å²) in [5, 5.41) is 27.0. The molecule has 0 aromatic heterocycles. The normalized spacial score (nSPS) is 19.4. The van der Waals surface area contributed by atoms with Crippen LogP contribution in [0, 0.1) is 6.92 Å². The zero-order valence-electron chi connectivity index (χ0n) is 15.1. The molecule has 2 aromatic carbocycles. The molecule has 0 unspecified atom stereocenters. The van der Waals surface area contributed by atoms with E-state index in [4.69, 9.17) is 4.74 Å². The highest BCUT2D eigenvalue weighted by molar-refractivity contribution is 6.00. The fourth-order valence-corrected chi connectivity index (χ4v) is 3.06. The van der Waals surface area contributed by atoms with Crippen LogP contribution in [0.1, 0.15) is 41.3 Å². The highest BCUT2D eigenvalue weighted by Gasteiger charge is 2.46. The van der Waals surface area contributed by atoms with Gasteiger partial charge in [-0.25, -0.2) is 0 Å². The van der Waals surface area contributed by atoms with Gasteiger partial charge in [0.2, 0.25) is 0 Å². The second kappa shape index (κ2) is 6.80. The molecule has 0 spiro atoms. The number of para-hydroxylation sites is 1. The molecular weight excluding hydrogens is 332 g/mol. The number of aromatic hydroxyl groups is 1. The first-order valence-electron chi connectivity index (χ1n) is 8.47. The van der Waals surface area contributed by atoms with Crippen molar-refractivity contribution in [2.75, 3.05) is 7.11 Å². The smallest absolute Gasteiger partial charge is 0.280 e. The van der Waals surface area contributed by atoms with E-state index in [9.17, 15) is 15.0 Å². The minimum atomic E-state index is -1.61. The molecule has 1 aliphatic heterocycles. The lowest BCUT2D eigenvalue weighted by atomic mass is 9.95. The van der Waals surface area contributed by atoms with Crippen molar-refractivity contribution in [3.63, 3.8) is 0 Å². The maximum Gasteiger partial charge on any atom is 0.280 e. The highest BCUT2D eigenvalue weighted by Crippen LogP contribution is 2.38. The van der Waals surface area contributed by atoms with Gasteiger partial charge in [0.15, 0.2) is 5.72 Å². The Balaban J connectivity index is 2.04. The summed E-state index contributed by atoms with van der Waals surface area (Å²) in [6.07, 6.45) is 0.830. The number of benzene rings is 2. The molecule has 26 heavy (non-hydrogen) atoms. The predicted molar refractivity (Wildman–Crippen MR) is 98.2 cm³/mol. The zero-order valence-corrected chi connectivity index (χ0v) is 15.1. The first-order valence-corrected chi connectivity index (χ1v) is 8.47. The molecule has 0 saturated heterocycles. The maximum atomic E-state index is 13.1. The average molecular weight is 354 g/mol. The fraction of sp³-hybridized carbons (Fsp3) is 0.300. The Hall–Kier alpha value is -2.86. The van der Waals surface area contributed by atoms with Crippen LogP contribution >= 0.6 is 0 Å². The highest BCUT2D eigenvalue weighted by atomic mass is 16.5. The molecule has 2 N–H and O–H groups in total. The topological polar surface area (TPSA) is 82.4 Å². The van der Waals surface area contributed by atoms with E-state index < -0.39 is 11.6 Å². The quantitative estimate of drug-likeness (QED) is 0.883. The number of hydrogen-bond donors (Lipinski definition) is 2. The van der Waals surface area contributed by atoms with Crippen molar-refractivity contribution in [1.82, 2.24) is 5.01 Å². The summed E-state index contributed by atoms with van der Waals surface area (Å²) in [6, 6.07) is 11.8. The number of aryl methyl sites for hydroxylation is 1. The summed E-state index contributed by atoms with van der Waals surface area (Å²) in [6.45, 7) is 3.64. The van der Waals surface area contributed by atoms with Crippen LogP contribution in [-0.2, 0) is 5.72 Å². The van der Waals surface area contributed by atoms with Crippen LogP contribution in [0.3, 0.4) is 0 Å². The SMILES string of the molecule is CCC1=NN(C(=O)c2cccc(C)c2O)[C@@](O)(c2ccc(OC)cc2)C1. The largest absolute Gasteiger partial charge is 0.507 e. The standard InChI is InChI=1S/C20H22N2O4/c1-4-15-12-20(25,14-8-10-16(26-3)11-9-14)22(21-15)19(24)17-7-5-6-13(2)18(17)23/h5-11,23,25H,4,12H2,1-3H3/t20-/m0/s1. The Morgan fingerprint density at radius 2 is 1.96 bits per heavy atom. The molecule has 2 aromatic rings. The lowest BCUT2D eigenvalue weighted by Crippen LogP contribution is -2.43. The van der Waals surface area contributed by atoms with Crippen molar-refractivity contribution in [1.29, 1.82) is 0 Å². The van der Waals surface area contributed by atoms with Crippen molar-refractivity contribution in [2.24, 2.45) is 5.10 Å². The summed E-state index contributed by atoms with van der Waals surface area (Å²) < 4.78 is 5.16. The monoisotopic (exact) mass is 354 g/mol. The summed E-state index contributed by atoms with van der Waals surface area (Å²) in [5.41, 5.74) is 0.334. The molecule has 136 valence electrons. The predicted octanol–water partition coefficient (Wildman–Crippen LogP) is 3.17. The van der Waals surface area contributed by atoms with Crippen LogP contribution in [0.25, 0.3) is 0 Å². The Bertz CT molecular complexity index is 861. The third kappa shape index (κ3) is 2.93. The molecule has 0 aliphatic carbocycles. The van der Waals surface area contributed by atoms with Gasteiger partial charge < -0.3 is 14.9 Å². The number of aliphatic hydroxyl groups is 1. The van der Waals surface area contributed by atoms with Crippen LogP contribution in [-0.4, -0.2) is 34.0 Å². The van der Waals surface area contributed by atoms with Crippen molar-refractivity contribution < 1.29 is 19.7 Å². The molecule has 1 atom stereocenters. The first-order chi connectivity index (χ1) is 12.4. The number of hydrazone groups is 1. The number of nitrogens with zero attached hydrogens (tertiary/aromatic N) is 2. The molecule has 1 amide bonds. The summed E-state index contributed by atoms with van der Waals surface area (Å²) in [4.78, 5) is 13.1. The van der Waals surface area contributed by atoms with Gasteiger partial charge in [0.25, 0.3) is 5.91 Å². The molecule has 1 aliphatic rings. The summed E-state index contributed by atoms with van der Waals surface area (Å²) in [7, 11) is 1.56. The molecule has 0 bridgehead atoms. The van der Waals surface area contributed by atoms with E-state index in [1.807, 2.05) is 6.92 Å². The summed E-state index contributed by atoms with van der Waals surface area (Å²) >= 11 is 0. The molecule has 6 heteroatoms. The third-order valence-corrected chi connectivity index (χ3v) is 4.66. The van der Waals surface area contributed by atoms with Crippen molar-refractivity contribution >= 4 is 11.6 Å². The van der Waals surface area contributed by atoms with E-state index in [1.54, 1.807) is 50.4 Å². The molecule has 3 rings (SSSR count). The van der Waals surface area contributed by atoms with Gasteiger partial charge in [-0.05, 0) is 37.1 Å². The number of phenolic OH excluding ortho intramolecular Hbond substituents is 1. The summed E-state index contributed by atoms with van der Waals surface area (Å²) in [5.74, 6) is 0.00360. The molecule has 6 nitrogen and oxygen atoms in total. The Kier molecular flexibility index (Phi) is 4.70. The molecular formula is C20H22N2O4. The number of phenols is 1.